The quantitative estimate of drug-likeness (QED) is 0.390. The van der Waals surface area contributed by atoms with Crippen LogP contribution in [0.4, 0.5) is 16.2 Å². The van der Waals surface area contributed by atoms with E-state index in [9.17, 15) is 22.8 Å². The number of hydrogen-bond acceptors (Lipinski definition) is 7. The van der Waals surface area contributed by atoms with Crippen molar-refractivity contribution in [3.05, 3.63) is 77.9 Å². The Balaban J connectivity index is 1.56. The number of hydrogen-bond donors (Lipinski definition) is 3. The molecule has 0 bridgehead atoms. The standard InChI is InChI=1S/C27H28N4O7S/c1-17-6-4-5-7-25(17)39(35,36)30-27(34)29-22(14-19-8-10-20(11-9-19)28-18(2)32)26(33)31(3)21-12-13-23-24(15-21)38-16-37-23/h4-13,15,22H,14,16H2,1-3H3,(H,28,32)(H2,29,30,34)/t22-/m0/s1. The lowest BCUT2D eigenvalue weighted by Crippen LogP contribution is -2.52. The number of ether oxygens (including phenoxy) is 2. The summed E-state index contributed by atoms with van der Waals surface area (Å²) in [6.45, 7) is 3.08. The number of anilines is 2. The summed E-state index contributed by atoms with van der Waals surface area (Å²) in [5.41, 5.74) is 2.20. The predicted octanol–water partition coefficient (Wildman–Crippen LogP) is 2.94. The van der Waals surface area contributed by atoms with Gasteiger partial charge in [-0.15, -0.1) is 0 Å². The van der Waals surface area contributed by atoms with E-state index in [1.807, 2.05) is 4.72 Å². The SMILES string of the molecule is CC(=O)Nc1ccc(C[C@H](NC(=O)NS(=O)(=O)c2ccccc2C)C(=O)N(C)c2ccc3c(c2)OCO3)cc1. The molecule has 1 atom stereocenters. The summed E-state index contributed by atoms with van der Waals surface area (Å²) in [5.74, 6) is 0.305. The van der Waals surface area contributed by atoms with Gasteiger partial charge in [-0.3, -0.25) is 9.59 Å². The summed E-state index contributed by atoms with van der Waals surface area (Å²) in [4.78, 5) is 39.1. The number of benzene rings is 3. The van der Waals surface area contributed by atoms with Gasteiger partial charge in [-0.1, -0.05) is 30.3 Å². The first-order chi connectivity index (χ1) is 18.5. The average Bonchev–Trinajstić information content (AvgIpc) is 3.36. The van der Waals surface area contributed by atoms with Crippen LogP contribution in [0.1, 0.15) is 18.1 Å². The van der Waals surface area contributed by atoms with Gasteiger partial charge in [-0.2, -0.15) is 0 Å². The Morgan fingerprint density at radius 2 is 1.67 bits per heavy atom. The molecule has 0 unspecified atom stereocenters. The first-order valence-electron chi connectivity index (χ1n) is 12.0. The van der Waals surface area contributed by atoms with E-state index >= 15 is 0 Å². The fraction of sp³-hybridized carbons (Fsp3) is 0.222. The summed E-state index contributed by atoms with van der Waals surface area (Å²) >= 11 is 0. The number of fused-ring (bicyclic) bond motifs is 1. The van der Waals surface area contributed by atoms with Crippen LogP contribution in [0, 0.1) is 6.92 Å². The molecule has 39 heavy (non-hydrogen) atoms. The molecule has 0 saturated carbocycles. The molecule has 0 aliphatic carbocycles. The van der Waals surface area contributed by atoms with Crippen molar-refractivity contribution in [3.63, 3.8) is 0 Å². The fourth-order valence-electron chi connectivity index (χ4n) is 4.04. The molecule has 204 valence electrons. The van der Waals surface area contributed by atoms with Crippen molar-refractivity contribution in [1.29, 1.82) is 0 Å². The number of aryl methyl sites for hydroxylation is 1. The molecule has 12 heteroatoms. The van der Waals surface area contributed by atoms with Gasteiger partial charge in [0.15, 0.2) is 11.5 Å². The number of nitrogens with one attached hydrogen (secondary N) is 3. The number of sulfonamides is 1. The van der Waals surface area contributed by atoms with E-state index in [1.54, 1.807) is 67.6 Å². The Hall–Kier alpha value is -4.58. The molecule has 1 aliphatic rings. The lowest BCUT2D eigenvalue weighted by Gasteiger charge is -2.25. The van der Waals surface area contributed by atoms with E-state index < -0.39 is 28.0 Å². The highest BCUT2D eigenvalue weighted by Gasteiger charge is 2.28. The normalized spacial score (nSPS) is 12.8. The zero-order valence-electron chi connectivity index (χ0n) is 21.6. The zero-order chi connectivity index (χ0) is 28.2. The highest BCUT2D eigenvalue weighted by atomic mass is 32.2. The van der Waals surface area contributed by atoms with Crippen LogP contribution in [0.5, 0.6) is 11.5 Å². The van der Waals surface area contributed by atoms with E-state index in [0.717, 1.165) is 0 Å². The highest BCUT2D eigenvalue weighted by molar-refractivity contribution is 7.90. The van der Waals surface area contributed by atoms with Crippen molar-refractivity contribution in [2.45, 2.75) is 31.2 Å². The Kier molecular flexibility index (Phi) is 8.05. The van der Waals surface area contributed by atoms with Gasteiger partial charge in [-0.25, -0.2) is 17.9 Å². The van der Waals surface area contributed by atoms with Gasteiger partial charge in [0.2, 0.25) is 18.6 Å². The van der Waals surface area contributed by atoms with Crippen molar-refractivity contribution >= 4 is 39.2 Å². The van der Waals surface area contributed by atoms with E-state index in [-0.39, 0.29) is 24.0 Å². The molecule has 0 aromatic heterocycles. The van der Waals surface area contributed by atoms with Crippen LogP contribution in [0.15, 0.2) is 71.6 Å². The third-order valence-electron chi connectivity index (χ3n) is 6.00. The van der Waals surface area contributed by atoms with E-state index in [4.69, 9.17) is 9.47 Å². The maximum Gasteiger partial charge on any atom is 0.329 e. The van der Waals surface area contributed by atoms with Crippen molar-refractivity contribution in [3.8, 4) is 11.5 Å². The average molecular weight is 553 g/mol. The molecular formula is C27H28N4O7S. The number of amides is 4. The molecule has 3 aromatic rings. The van der Waals surface area contributed by atoms with Crippen molar-refractivity contribution < 1.29 is 32.3 Å². The van der Waals surface area contributed by atoms with Gasteiger partial charge in [-0.05, 0) is 48.4 Å². The van der Waals surface area contributed by atoms with Gasteiger partial charge in [0.1, 0.15) is 6.04 Å². The topological polar surface area (TPSA) is 143 Å². The van der Waals surface area contributed by atoms with Gasteiger partial charge in [0, 0.05) is 37.8 Å². The Morgan fingerprint density at radius 1 is 0.974 bits per heavy atom. The molecule has 0 fully saturated rings. The van der Waals surface area contributed by atoms with Crippen LogP contribution < -0.4 is 29.7 Å². The minimum atomic E-state index is -4.19. The van der Waals surface area contributed by atoms with E-state index in [2.05, 4.69) is 10.6 Å². The van der Waals surface area contributed by atoms with E-state index in [0.29, 0.717) is 34.0 Å². The van der Waals surface area contributed by atoms with Crippen LogP contribution >= 0.6 is 0 Å². The first kappa shape index (κ1) is 27.5. The zero-order valence-corrected chi connectivity index (χ0v) is 22.4. The molecule has 11 nitrogen and oxygen atoms in total. The lowest BCUT2D eigenvalue weighted by atomic mass is 10.0. The van der Waals surface area contributed by atoms with Gasteiger partial charge < -0.3 is 25.0 Å². The van der Waals surface area contributed by atoms with Gasteiger partial charge >= 0.3 is 6.03 Å². The molecule has 0 spiro atoms. The van der Waals surface area contributed by atoms with E-state index in [1.165, 1.54) is 24.9 Å². The lowest BCUT2D eigenvalue weighted by molar-refractivity contribution is -0.120. The Labute approximate surface area is 226 Å². The number of rotatable bonds is 8. The summed E-state index contributed by atoms with van der Waals surface area (Å²) in [6, 6.07) is 15.8. The molecule has 1 heterocycles. The molecule has 1 aliphatic heterocycles. The predicted molar refractivity (Wildman–Crippen MR) is 144 cm³/mol. The monoisotopic (exact) mass is 552 g/mol. The molecule has 0 radical (unpaired) electrons. The Bertz CT molecular complexity index is 1510. The van der Waals surface area contributed by atoms with Crippen LogP contribution in [0.25, 0.3) is 0 Å². The smallest absolute Gasteiger partial charge is 0.329 e. The molecule has 4 rings (SSSR count). The minimum Gasteiger partial charge on any atom is -0.454 e. The summed E-state index contributed by atoms with van der Waals surface area (Å²) in [5, 5.41) is 5.18. The summed E-state index contributed by atoms with van der Waals surface area (Å²) in [6.07, 6.45) is 0.0475. The van der Waals surface area contributed by atoms with Crippen LogP contribution in [0.2, 0.25) is 0 Å². The molecule has 4 amide bonds. The third kappa shape index (κ3) is 6.65. The molecule has 0 saturated heterocycles. The highest BCUT2D eigenvalue weighted by Crippen LogP contribution is 2.35. The minimum absolute atomic E-state index is 0.0472. The number of carbonyl (C=O) groups is 3. The van der Waals surface area contributed by atoms with Crippen molar-refractivity contribution in [1.82, 2.24) is 10.0 Å². The number of carbonyl (C=O) groups excluding carboxylic acids is 3. The number of urea groups is 1. The second kappa shape index (κ2) is 11.4. The Morgan fingerprint density at radius 3 is 2.36 bits per heavy atom. The molecular weight excluding hydrogens is 524 g/mol. The van der Waals surface area contributed by atoms with Crippen LogP contribution in [0.3, 0.4) is 0 Å². The number of likely N-dealkylation sites (N-methyl/N-ethyl adjacent to an activating group) is 1. The van der Waals surface area contributed by atoms with Gasteiger partial charge in [0.05, 0.1) is 4.90 Å². The largest absolute Gasteiger partial charge is 0.454 e. The number of nitrogens with zero attached hydrogens (tertiary/aromatic N) is 1. The molecule has 3 N–H and O–H groups in total. The first-order valence-corrected chi connectivity index (χ1v) is 13.4. The summed E-state index contributed by atoms with van der Waals surface area (Å²) in [7, 11) is -2.65. The fourth-order valence-corrected chi connectivity index (χ4v) is 5.20. The van der Waals surface area contributed by atoms with Crippen molar-refractivity contribution in [2.75, 3.05) is 24.1 Å². The van der Waals surface area contributed by atoms with Gasteiger partial charge in [0.25, 0.3) is 10.0 Å². The van der Waals surface area contributed by atoms with Crippen molar-refractivity contribution in [2.24, 2.45) is 0 Å². The molecule has 3 aromatic carbocycles. The van der Waals surface area contributed by atoms with Crippen LogP contribution in [-0.2, 0) is 26.0 Å². The summed E-state index contributed by atoms with van der Waals surface area (Å²) < 4.78 is 38.4. The second-order valence-electron chi connectivity index (χ2n) is 8.91. The maximum atomic E-state index is 13.6. The maximum absolute atomic E-state index is 13.6. The third-order valence-corrected chi connectivity index (χ3v) is 7.49. The second-order valence-corrected chi connectivity index (χ2v) is 10.6. The van der Waals surface area contributed by atoms with Crippen LogP contribution in [-0.4, -0.2) is 46.1 Å².